The van der Waals surface area contributed by atoms with E-state index in [1.54, 1.807) is 7.11 Å². The predicted molar refractivity (Wildman–Crippen MR) is 148 cm³/mol. The zero-order chi connectivity index (χ0) is 27.1. The van der Waals surface area contributed by atoms with E-state index in [4.69, 9.17) is 19.2 Å². The molecule has 1 fully saturated rings. The molecule has 2 aliphatic heterocycles. The molecule has 208 valence electrons. The molecule has 0 aliphatic carbocycles. The zero-order valence-electron chi connectivity index (χ0n) is 23.3. The van der Waals surface area contributed by atoms with E-state index in [1.807, 2.05) is 49.9 Å². The summed E-state index contributed by atoms with van der Waals surface area (Å²) in [6, 6.07) is 9.07. The molecule has 2 aromatic rings. The van der Waals surface area contributed by atoms with Gasteiger partial charge in [-0.25, -0.2) is 4.98 Å². The molecule has 0 radical (unpaired) electrons. The highest BCUT2D eigenvalue weighted by molar-refractivity contribution is 5.76. The molecule has 1 saturated heterocycles. The van der Waals surface area contributed by atoms with Gasteiger partial charge in [-0.05, 0) is 70.4 Å². The summed E-state index contributed by atoms with van der Waals surface area (Å²) in [5.41, 5.74) is 3.65. The highest BCUT2D eigenvalue weighted by atomic mass is 16.5. The van der Waals surface area contributed by atoms with Gasteiger partial charge >= 0.3 is 5.97 Å². The minimum atomic E-state index is -0.837. The van der Waals surface area contributed by atoms with Gasteiger partial charge in [0.15, 0.2) is 0 Å². The monoisotopic (exact) mass is 525 g/mol. The first-order valence-electron chi connectivity index (χ1n) is 13.9. The number of aliphatic carboxylic acids is 1. The SMILES string of the molecule is COc1cc(CCCCOC2CCN(C(C(=O)O)c3ccccc3COC(C)(C)C)C2)nc2c1CCCN2. The lowest BCUT2D eigenvalue weighted by atomic mass is 9.99. The highest BCUT2D eigenvalue weighted by Gasteiger charge is 2.35. The van der Waals surface area contributed by atoms with Crippen LogP contribution >= 0.6 is 0 Å². The summed E-state index contributed by atoms with van der Waals surface area (Å²) in [4.78, 5) is 19.2. The van der Waals surface area contributed by atoms with E-state index in [1.165, 1.54) is 5.56 Å². The molecule has 38 heavy (non-hydrogen) atoms. The number of ether oxygens (including phenoxy) is 3. The lowest BCUT2D eigenvalue weighted by Crippen LogP contribution is -2.34. The van der Waals surface area contributed by atoms with E-state index < -0.39 is 12.0 Å². The molecular formula is C30H43N3O5. The number of likely N-dealkylation sites (tertiary alicyclic amines) is 1. The summed E-state index contributed by atoms with van der Waals surface area (Å²) in [6.07, 6.45) is 5.76. The number of hydrogen-bond donors (Lipinski definition) is 2. The maximum atomic E-state index is 12.4. The Morgan fingerprint density at radius 2 is 2.08 bits per heavy atom. The van der Waals surface area contributed by atoms with Crippen LogP contribution < -0.4 is 10.1 Å². The van der Waals surface area contributed by atoms with E-state index in [-0.39, 0.29) is 11.7 Å². The number of pyridine rings is 1. The standard InChI is InChI=1S/C30H43N3O5/c1-30(2,3)38-20-21-10-5-6-12-24(21)27(29(34)35)33-16-14-23(19-33)37-17-8-7-11-22-18-26(36-4)25-13-9-15-31-28(25)32-22/h5-6,10,12,18,23,27H,7-9,11,13-17,19-20H2,1-4H3,(H,31,32)(H,34,35). The Bertz CT molecular complexity index is 1070. The summed E-state index contributed by atoms with van der Waals surface area (Å²) in [5.74, 6) is 1.06. The van der Waals surface area contributed by atoms with E-state index in [2.05, 4.69) is 11.4 Å². The minimum absolute atomic E-state index is 0.0426. The average molecular weight is 526 g/mol. The van der Waals surface area contributed by atoms with Gasteiger partial charge in [0.25, 0.3) is 0 Å². The van der Waals surface area contributed by atoms with Gasteiger partial charge in [-0.3, -0.25) is 9.69 Å². The number of carboxylic acid groups (broad SMARTS) is 1. The second-order valence-corrected chi connectivity index (χ2v) is 11.2. The molecule has 2 unspecified atom stereocenters. The Labute approximate surface area is 226 Å². The molecule has 3 heterocycles. The maximum Gasteiger partial charge on any atom is 0.325 e. The van der Waals surface area contributed by atoms with Crippen molar-refractivity contribution in [2.75, 3.05) is 38.7 Å². The van der Waals surface area contributed by atoms with Crippen molar-refractivity contribution in [3.63, 3.8) is 0 Å². The van der Waals surface area contributed by atoms with Gasteiger partial charge in [0.2, 0.25) is 0 Å². The molecule has 2 atom stereocenters. The van der Waals surface area contributed by atoms with Gasteiger partial charge in [0.1, 0.15) is 17.6 Å². The van der Waals surface area contributed by atoms with Crippen LogP contribution in [0.1, 0.15) is 74.9 Å². The fourth-order valence-corrected chi connectivity index (χ4v) is 5.26. The molecule has 8 heteroatoms. The van der Waals surface area contributed by atoms with Crippen molar-refractivity contribution in [1.29, 1.82) is 0 Å². The Balaban J connectivity index is 1.27. The predicted octanol–water partition coefficient (Wildman–Crippen LogP) is 5.00. The molecule has 4 rings (SSSR count). The van der Waals surface area contributed by atoms with Crippen LogP contribution in [0.4, 0.5) is 5.82 Å². The number of nitrogens with zero attached hydrogens (tertiary/aromatic N) is 2. The average Bonchev–Trinajstić information content (AvgIpc) is 3.35. The molecule has 1 aromatic carbocycles. The second kappa shape index (κ2) is 12.9. The van der Waals surface area contributed by atoms with Gasteiger partial charge in [0, 0.05) is 43.6 Å². The smallest absolute Gasteiger partial charge is 0.325 e. The fourth-order valence-electron chi connectivity index (χ4n) is 5.26. The third kappa shape index (κ3) is 7.46. The van der Waals surface area contributed by atoms with Crippen molar-refractivity contribution in [2.45, 2.75) is 83.6 Å². The number of carboxylic acids is 1. The summed E-state index contributed by atoms with van der Waals surface area (Å²) < 4.78 is 17.7. The largest absolute Gasteiger partial charge is 0.496 e. The molecule has 1 aromatic heterocycles. The van der Waals surface area contributed by atoms with Crippen molar-refractivity contribution >= 4 is 11.8 Å². The molecule has 2 N–H and O–H groups in total. The molecule has 2 aliphatic rings. The van der Waals surface area contributed by atoms with Crippen LogP contribution in [0.3, 0.4) is 0 Å². The number of hydrogen-bond acceptors (Lipinski definition) is 7. The molecular weight excluding hydrogens is 482 g/mol. The van der Waals surface area contributed by atoms with Crippen LogP contribution in [0.15, 0.2) is 30.3 Å². The normalized spacial score (nSPS) is 18.6. The van der Waals surface area contributed by atoms with Crippen LogP contribution in [-0.2, 0) is 33.7 Å². The van der Waals surface area contributed by atoms with Gasteiger partial charge in [-0.15, -0.1) is 0 Å². The molecule has 0 bridgehead atoms. The first-order valence-corrected chi connectivity index (χ1v) is 13.9. The molecule has 0 amide bonds. The molecule has 8 nitrogen and oxygen atoms in total. The number of aryl methyl sites for hydroxylation is 1. The molecule has 0 saturated carbocycles. The van der Waals surface area contributed by atoms with E-state index in [0.29, 0.717) is 26.3 Å². The van der Waals surface area contributed by atoms with Crippen molar-refractivity contribution in [3.8, 4) is 5.75 Å². The van der Waals surface area contributed by atoms with Crippen LogP contribution in [0.2, 0.25) is 0 Å². The molecule has 0 spiro atoms. The number of carbonyl (C=O) groups is 1. The van der Waals surface area contributed by atoms with Gasteiger partial charge in [-0.2, -0.15) is 0 Å². The van der Waals surface area contributed by atoms with Crippen LogP contribution in [0.5, 0.6) is 5.75 Å². The van der Waals surface area contributed by atoms with Crippen molar-refractivity contribution < 1.29 is 24.1 Å². The topological polar surface area (TPSA) is 93.2 Å². The van der Waals surface area contributed by atoms with E-state index in [0.717, 1.165) is 73.5 Å². The number of fused-ring (bicyclic) bond motifs is 1. The van der Waals surface area contributed by atoms with E-state index >= 15 is 0 Å². The maximum absolute atomic E-state index is 12.4. The van der Waals surface area contributed by atoms with E-state index in [9.17, 15) is 9.90 Å². The third-order valence-corrected chi connectivity index (χ3v) is 7.22. The number of unbranched alkanes of at least 4 members (excludes halogenated alkanes) is 1. The van der Waals surface area contributed by atoms with Crippen LogP contribution in [0.25, 0.3) is 0 Å². The Morgan fingerprint density at radius 1 is 1.26 bits per heavy atom. The number of methoxy groups -OCH3 is 1. The number of aromatic nitrogens is 1. The summed E-state index contributed by atoms with van der Waals surface area (Å²) >= 11 is 0. The van der Waals surface area contributed by atoms with Crippen molar-refractivity contribution in [2.24, 2.45) is 0 Å². The summed E-state index contributed by atoms with van der Waals surface area (Å²) in [6.45, 7) is 9.32. The lowest BCUT2D eigenvalue weighted by Gasteiger charge is -2.27. The lowest BCUT2D eigenvalue weighted by molar-refractivity contribution is -0.143. The number of rotatable bonds is 12. The van der Waals surface area contributed by atoms with Crippen molar-refractivity contribution in [1.82, 2.24) is 9.88 Å². The van der Waals surface area contributed by atoms with Gasteiger partial charge in [0.05, 0.1) is 25.4 Å². The Kier molecular flexibility index (Phi) is 9.63. The zero-order valence-corrected chi connectivity index (χ0v) is 23.3. The summed E-state index contributed by atoms with van der Waals surface area (Å²) in [7, 11) is 1.72. The third-order valence-electron chi connectivity index (χ3n) is 7.22. The van der Waals surface area contributed by atoms with Gasteiger partial charge in [-0.1, -0.05) is 24.3 Å². The van der Waals surface area contributed by atoms with Crippen LogP contribution in [-0.4, -0.2) is 66.0 Å². The minimum Gasteiger partial charge on any atom is -0.496 e. The first kappa shape index (κ1) is 28.3. The highest BCUT2D eigenvalue weighted by Crippen LogP contribution is 2.31. The number of benzene rings is 1. The van der Waals surface area contributed by atoms with Crippen molar-refractivity contribution in [3.05, 3.63) is 52.7 Å². The van der Waals surface area contributed by atoms with Gasteiger partial charge < -0.3 is 24.6 Å². The number of nitrogens with one attached hydrogen (secondary N) is 1. The second-order valence-electron chi connectivity index (χ2n) is 11.2. The first-order chi connectivity index (χ1) is 18.2. The quantitative estimate of drug-likeness (QED) is 0.374. The fraction of sp³-hybridized carbons (Fsp3) is 0.600. The Hall–Kier alpha value is -2.68. The Morgan fingerprint density at radius 3 is 2.84 bits per heavy atom. The summed E-state index contributed by atoms with van der Waals surface area (Å²) in [5, 5.41) is 13.5. The van der Waals surface area contributed by atoms with Crippen LogP contribution in [0, 0.1) is 0 Å². The number of anilines is 1.